The standard InChI is InChI=1S/C16H13FN2OS/c1-21(20)14-8-4-12(5-9-14)16-18-10-15(19-16)11-2-6-13(17)7-3-11/h2-10H,1H3,(H,18,19). The quantitative estimate of drug-likeness (QED) is 0.803. The minimum atomic E-state index is -0.987. The van der Waals surface area contributed by atoms with Gasteiger partial charge < -0.3 is 4.98 Å². The van der Waals surface area contributed by atoms with Crippen LogP contribution in [0.15, 0.2) is 59.6 Å². The molecule has 0 aliphatic carbocycles. The molecule has 0 bridgehead atoms. The molecule has 3 rings (SSSR count). The highest BCUT2D eigenvalue weighted by atomic mass is 32.2. The van der Waals surface area contributed by atoms with Gasteiger partial charge in [0, 0.05) is 27.5 Å². The van der Waals surface area contributed by atoms with Crippen molar-refractivity contribution < 1.29 is 8.60 Å². The van der Waals surface area contributed by atoms with Crippen molar-refractivity contribution in [2.75, 3.05) is 6.26 Å². The van der Waals surface area contributed by atoms with Crippen LogP contribution in [0, 0.1) is 5.82 Å². The summed E-state index contributed by atoms with van der Waals surface area (Å²) in [6.07, 6.45) is 3.36. The first-order chi connectivity index (χ1) is 10.1. The Hall–Kier alpha value is -2.27. The number of nitrogens with one attached hydrogen (secondary N) is 1. The molecule has 1 N–H and O–H groups in total. The number of imidazole rings is 1. The predicted octanol–water partition coefficient (Wildman–Crippen LogP) is 3.62. The van der Waals surface area contributed by atoms with E-state index in [-0.39, 0.29) is 5.82 Å². The Morgan fingerprint density at radius 2 is 1.62 bits per heavy atom. The minimum absolute atomic E-state index is 0.262. The van der Waals surface area contributed by atoms with Crippen LogP contribution in [0.1, 0.15) is 0 Å². The second-order valence-electron chi connectivity index (χ2n) is 4.63. The second kappa shape index (κ2) is 5.61. The van der Waals surface area contributed by atoms with E-state index in [2.05, 4.69) is 9.97 Å². The van der Waals surface area contributed by atoms with Gasteiger partial charge in [0.25, 0.3) is 0 Å². The topological polar surface area (TPSA) is 45.8 Å². The third-order valence-electron chi connectivity index (χ3n) is 3.19. The van der Waals surface area contributed by atoms with Gasteiger partial charge in [-0.1, -0.05) is 12.1 Å². The van der Waals surface area contributed by atoms with E-state index >= 15 is 0 Å². The molecule has 0 aliphatic rings. The molecular weight excluding hydrogens is 287 g/mol. The fraction of sp³-hybridized carbons (Fsp3) is 0.0625. The molecule has 21 heavy (non-hydrogen) atoms. The lowest BCUT2D eigenvalue weighted by Crippen LogP contribution is -1.87. The largest absolute Gasteiger partial charge is 0.338 e. The minimum Gasteiger partial charge on any atom is -0.338 e. The summed E-state index contributed by atoms with van der Waals surface area (Å²) in [5.74, 6) is 0.462. The van der Waals surface area contributed by atoms with Gasteiger partial charge in [0.2, 0.25) is 0 Å². The van der Waals surface area contributed by atoms with Crippen LogP contribution in [0.5, 0.6) is 0 Å². The molecule has 3 nitrogen and oxygen atoms in total. The average Bonchev–Trinajstić information content (AvgIpc) is 2.98. The van der Waals surface area contributed by atoms with Gasteiger partial charge in [0.05, 0.1) is 11.9 Å². The molecule has 0 fully saturated rings. The monoisotopic (exact) mass is 300 g/mol. The first-order valence-electron chi connectivity index (χ1n) is 6.38. The van der Waals surface area contributed by atoms with Crippen molar-refractivity contribution in [2.24, 2.45) is 0 Å². The molecule has 0 saturated carbocycles. The Labute approximate surface area is 124 Å². The van der Waals surface area contributed by atoms with Gasteiger partial charge in [-0.2, -0.15) is 0 Å². The fourth-order valence-corrected chi connectivity index (χ4v) is 2.57. The van der Waals surface area contributed by atoms with Gasteiger partial charge in [-0.15, -0.1) is 0 Å². The molecule has 0 amide bonds. The third kappa shape index (κ3) is 2.92. The number of benzene rings is 2. The van der Waals surface area contributed by atoms with Crippen LogP contribution in [0.3, 0.4) is 0 Å². The highest BCUT2D eigenvalue weighted by Gasteiger charge is 2.06. The van der Waals surface area contributed by atoms with E-state index in [1.54, 1.807) is 24.6 Å². The van der Waals surface area contributed by atoms with Crippen LogP contribution >= 0.6 is 0 Å². The smallest absolute Gasteiger partial charge is 0.137 e. The van der Waals surface area contributed by atoms with Crippen molar-refractivity contribution in [3.05, 3.63) is 60.5 Å². The van der Waals surface area contributed by atoms with Gasteiger partial charge in [0.15, 0.2) is 0 Å². The van der Waals surface area contributed by atoms with E-state index in [0.717, 1.165) is 27.5 Å². The highest BCUT2D eigenvalue weighted by molar-refractivity contribution is 7.84. The molecule has 1 heterocycles. The van der Waals surface area contributed by atoms with E-state index in [4.69, 9.17) is 0 Å². The van der Waals surface area contributed by atoms with Crippen LogP contribution in [0.4, 0.5) is 4.39 Å². The number of rotatable bonds is 3. The molecule has 1 unspecified atom stereocenters. The number of aromatic nitrogens is 2. The predicted molar refractivity (Wildman–Crippen MR) is 81.8 cm³/mol. The van der Waals surface area contributed by atoms with Crippen LogP contribution in [0.25, 0.3) is 22.6 Å². The van der Waals surface area contributed by atoms with Gasteiger partial charge in [0.1, 0.15) is 11.6 Å². The van der Waals surface area contributed by atoms with Crippen molar-refractivity contribution in [3.63, 3.8) is 0 Å². The van der Waals surface area contributed by atoms with Gasteiger partial charge >= 0.3 is 0 Å². The van der Waals surface area contributed by atoms with Crippen molar-refractivity contribution in [2.45, 2.75) is 4.90 Å². The summed E-state index contributed by atoms with van der Waals surface area (Å²) in [5.41, 5.74) is 2.62. The Bertz CT molecular complexity index is 779. The maximum Gasteiger partial charge on any atom is 0.137 e. The van der Waals surface area contributed by atoms with Crippen molar-refractivity contribution >= 4 is 10.8 Å². The Morgan fingerprint density at radius 3 is 2.24 bits per heavy atom. The van der Waals surface area contributed by atoms with Crippen LogP contribution in [-0.2, 0) is 10.8 Å². The lowest BCUT2D eigenvalue weighted by Gasteiger charge is -2.00. The van der Waals surface area contributed by atoms with E-state index in [0.29, 0.717) is 0 Å². The lowest BCUT2D eigenvalue weighted by molar-refractivity contribution is 0.628. The van der Waals surface area contributed by atoms with Crippen molar-refractivity contribution in [3.8, 4) is 22.6 Å². The Morgan fingerprint density at radius 1 is 1.00 bits per heavy atom. The molecule has 0 aliphatic heterocycles. The molecule has 2 aromatic carbocycles. The summed E-state index contributed by atoms with van der Waals surface area (Å²) >= 11 is 0. The SMILES string of the molecule is CS(=O)c1ccc(-c2ncc(-c3ccc(F)cc3)[nH]2)cc1. The molecule has 1 atom stereocenters. The summed E-state index contributed by atoms with van der Waals surface area (Å²) in [5, 5.41) is 0. The lowest BCUT2D eigenvalue weighted by atomic mass is 10.2. The zero-order valence-corrected chi connectivity index (χ0v) is 12.2. The van der Waals surface area contributed by atoms with E-state index in [1.807, 2.05) is 24.3 Å². The number of hydrogen-bond acceptors (Lipinski definition) is 2. The summed E-state index contributed by atoms with van der Waals surface area (Å²) in [6.45, 7) is 0. The molecule has 0 saturated heterocycles. The van der Waals surface area contributed by atoms with Crippen molar-refractivity contribution in [1.82, 2.24) is 9.97 Å². The Balaban J connectivity index is 1.90. The molecule has 1 aromatic heterocycles. The molecule has 106 valence electrons. The van der Waals surface area contributed by atoms with E-state index in [1.165, 1.54) is 12.1 Å². The third-order valence-corrected chi connectivity index (χ3v) is 4.13. The summed E-state index contributed by atoms with van der Waals surface area (Å²) in [6, 6.07) is 13.7. The maximum absolute atomic E-state index is 12.9. The van der Waals surface area contributed by atoms with Gasteiger partial charge in [-0.3, -0.25) is 4.21 Å². The average molecular weight is 300 g/mol. The number of hydrogen-bond donors (Lipinski definition) is 1. The summed E-state index contributed by atoms with van der Waals surface area (Å²) in [7, 11) is -0.987. The second-order valence-corrected chi connectivity index (χ2v) is 6.01. The highest BCUT2D eigenvalue weighted by Crippen LogP contribution is 2.23. The fourth-order valence-electron chi connectivity index (χ4n) is 2.05. The molecular formula is C16H13FN2OS. The number of nitrogens with zero attached hydrogens (tertiary/aromatic N) is 1. The van der Waals surface area contributed by atoms with Gasteiger partial charge in [-0.25, -0.2) is 9.37 Å². The van der Waals surface area contributed by atoms with Gasteiger partial charge in [-0.05, 0) is 42.0 Å². The molecule has 0 spiro atoms. The summed E-state index contributed by atoms with van der Waals surface area (Å²) in [4.78, 5) is 8.32. The van der Waals surface area contributed by atoms with Crippen molar-refractivity contribution in [1.29, 1.82) is 0 Å². The van der Waals surface area contributed by atoms with E-state index < -0.39 is 10.8 Å². The summed E-state index contributed by atoms with van der Waals surface area (Å²) < 4.78 is 24.3. The van der Waals surface area contributed by atoms with Crippen LogP contribution in [-0.4, -0.2) is 20.4 Å². The van der Waals surface area contributed by atoms with E-state index in [9.17, 15) is 8.60 Å². The maximum atomic E-state index is 12.9. The molecule has 5 heteroatoms. The number of aromatic amines is 1. The number of H-pyrrole nitrogens is 1. The first-order valence-corrected chi connectivity index (χ1v) is 7.94. The molecule has 0 radical (unpaired) electrons. The van der Waals surface area contributed by atoms with Crippen LogP contribution in [0.2, 0.25) is 0 Å². The zero-order chi connectivity index (χ0) is 14.8. The first kappa shape index (κ1) is 13.7. The normalized spacial score (nSPS) is 12.3. The Kier molecular flexibility index (Phi) is 3.66. The zero-order valence-electron chi connectivity index (χ0n) is 11.3. The number of halogens is 1. The molecule has 3 aromatic rings. The van der Waals surface area contributed by atoms with Crippen LogP contribution < -0.4 is 0 Å².